The van der Waals surface area contributed by atoms with Crippen LogP contribution in [0.25, 0.3) is 5.69 Å². The highest BCUT2D eigenvalue weighted by atomic mass is 16.6. The zero-order valence-corrected chi connectivity index (χ0v) is 13.8. The first-order valence-corrected chi connectivity index (χ1v) is 7.76. The fourth-order valence-electron chi connectivity index (χ4n) is 2.50. The molecular weight excluding hydrogens is 338 g/mol. The van der Waals surface area contributed by atoms with Crippen LogP contribution in [0.2, 0.25) is 0 Å². The van der Waals surface area contributed by atoms with Crippen LogP contribution in [-0.2, 0) is 4.79 Å². The lowest BCUT2D eigenvalue weighted by molar-refractivity contribution is -0.672. The first-order chi connectivity index (χ1) is 12.5. The number of nitrogens with zero attached hydrogens (tertiary/aromatic N) is 3. The van der Waals surface area contributed by atoms with Crippen LogP contribution in [0.1, 0.15) is 17.4 Å². The summed E-state index contributed by atoms with van der Waals surface area (Å²) in [6.45, 7) is 1.36. The minimum Gasteiger partial charge on any atom is -0.538 e. The number of para-hydroxylation sites is 2. The normalized spacial score (nSPS) is 11.7. The Morgan fingerprint density at radius 1 is 1.12 bits per heavy atom. The van der Waals surface area contributed by atoms with E-state index in [1.165, 1.54) is 6.92 Å². The molecule has 1 atom stereocenters. The van der Waals surface area contributed by atoms with E-state index in [1.807, 2.05) is 0 Å². The molecule has 2 aromatic carbocycles. The SMILES string of the molecule is C[C@@H](C(=O)O)N(C(=O)c1c([O-])on[n+]1-c1ccccc1)c1ccccc1. The first kappa shape index (κ1) is 17.2. The predicted molar refractivity (Wildman–Crippen MR) is 87.8 cm³/mol. The summed E-state index contributed by atoms with van der Waals surface area (Å²) in [6, 6.07) is 15.5. The Bertz CT molecular complexity index is 925. The molecule has 0 bridgehead atoms. The maximum Gasteiger partial charge on any atom is 0.328 e. The van der Waals surface area contributed by atoms with Crippen molar-refractivity contribution in [3.63, 3.8) is 0 Å². The Kier molecular flexibility index (Phi) is 4.66. The summed E-state index contributed by atoms with van der Waals surface area (Å²) < 4.78 is 5.72. The Balaban J connectivity index is 2.12. The fourth-order valence-corrected chi connectivity index (χ4v) is 2.50. The molecule has 1 heterocycles. The second-order valence-corrected chi connectivity index (χ2v) is 5.48. The van der Waals surface area contributed by atoms with Crippen molar-refractivity contribution in [1.82, 2.24) is 5.27 Å². The smallest absolute Gasteiger partial charge is 0.328 e. The van der Waals surface area contributed by atoms with Gasteiger partial charge in [-0.3, -0.25) is 9.69 Å². The molecule has 0 saturated heterocycles. The van der Waals surface area contributed by atoms with E-state index in [9.17, 15) is 19.8 Å². The van der Waals surface area contributed by atoms with E-state index in [0.717, 1.165) is 9.58 Å². The predicted octanol–water partition coefficient (Wildman–Crippen LogP) is 1.14. The molecule has 0 radical (unpaired) electrons. The highest BCUT2D eigenvalue weighted by Crippen LogP contribution is 2.22. The molecule has 132 valence electrons. The molecular formula is C18H15N3O5. The average Bonchev–Trinajstić information content (AvgIpc) is 3.05. The number of aliphatic carboxylic acids is 1. The molecule has 3 rings (SSSR count). The summed E-state index contributed by atoms with van der Waals surface area (Å²) in [6.07, 6.45) is 0. The van der Waals surface area contributed by atoms with E-state index >= 15 is 0 Å². The van der Waals surface area contributed by atoms with E-state index in [4.69, 9.17) is 0 Å². The van der Waals surface area contributed by atoms with Gasteiger partial charge in [-0.1, -0.05) is 36.4 Å². The standard InChI is InChI=1S/C18H15N3O5/c1-12(17(23)24)20(13-8-4-2-5-9-13)16(22)15-18(25)26-19-21(15)14-10-6-3-7-11-14/h2-12H,1H3,(H-,19,22,23,24,25)/t12-/m0/s1. The molecule has 8 nitrogen and oxygen atoms in total. The Morgan fingerprint density at radius 3 is 2.27 bits per heavy atom. The zero-order chi connectivity index (χ0) is 18.7. The second kappa shape index (κ2) is 7.06. The number of carboxylic acids is 1. The van der Waals surface area contributed by atoms with Gasteiger partial charge < -0.3 is 14.7 Å². The number of anilines is 1. The lowest BCUT2D eigenvalue weighted by Gasteiger charge is -2.25. The molecule has 1 N–H and O–H groups in total. The van der Waals surface area contributed by atoms with E-state index in [1.54, 1.807) is 60.7 Å². The van der Waals surface area contributed by atoms with E-state index in [0.29, 0.717) is 11.4 Å². The number of carbonyl (C=O) groups excluding carboxylic acids is 1. The number of hydrogen-bond donors (Lipinski definition) is 1. The third-order valence-electron chi connectivity index (χ3n) is 3.81. The third kappa shape index (κ3) is 3.12. The number of amides is 1. The fraction of sp³-hybridized carbons (Fsp3) is 0.111. The first-order valence-electron chi connectivity index (χ1n) is 7.76. The number of rotatable bonds is 5. The number of hydrogen-bond acceptors (Lipinski definition) is 5. The van der Waals surface area contributed by atoms with E-state index in [2.05, 4.69) is 9.79 Å². The van der Waals surface area contributed by atoms with Crippen LogP contribution >= 0.6 is 0 Å². The average molecular weight is 353 g/mol. The Hall–Kier alpha value is -3.68. The van der Waals surface area contributed by atoms with Crippen molar-refractivity contribution in [2.75, 3.05) is 4.90 Å². The number of carbonyl (C=O) groups is 2. The lowest BCUT2D eigenvalue weighted by atomic mass is 10.2. The quantitative estimate of drug-likeness (QED) is 0.689. The van der Waals surface area contributed by atoms with E-state index in [-0.39, 0.29) is 5.69 Å². The summed E-state index contributed by atoms with van der Waals surface area (Å²) in [4.78, 5) is 25.6. The van der Waals surface area contributed by atoms with Crippen LogP contribution in [0.15, 0.2) is 65.2 Å². The summed E-state index contributed by atoms with van der Waals surface area (Å²) >= 11 is 0. The zero-order valence-electron chi connectivity index (χ0n) is 13.8. The van der Waals surface area contributed by atoms with Gasteiger partial charge in [0.1, 0.15) is 6.04 Å². The number of aromatic nitrogens is 2. The highest BCUT2D eigenvalue weighted by molar-refractivity contribution is 6.08. The molecule has 0 aliphatic rings. The summed E-state index contributed by atoms with van der Waals surface area (Å²) in [7, 11) is 0. The van der Waals surface area contributed by atoms with Gasteiger partial charge in [-0.15, -0.1) is 0 Å². The van der Waals surface area contributed by atoms with Gasteiger partial charge in [0.25, 0.3) is 0 Å². The van der Waals surface area contributed by atoms with Crippen LogP contribution in [0.4, 0.5) is 5.69 Å². The summed E-state index contributed by atoms with van der Waals surface area (Å²) in [5.74, 6) is -2.98. The molecule has 0 unspecified atom stereocenters. The molecule has 0 spiro atoms. The van der Waals surface area contributed by atoms with Gasteiger partial charge in [0.15, 0.2) is 5.95 Å². The van der Waals surface area contributed by atoms with Crippen LogP contribution < -0.4 is 14.7 Å². The van der Waals surface area contributed by atoms with Gasteiger partial charge in [-0.05, 0) is 23.7 Å². The molecule has 0 saturated carbocycles. The Labute approximate surface area is 148 Å². The maximum atomic E-state index is 13.1. The van der Waals surface area contributed by atoms with Gasteiger partial charge in [0, 0.05) is 17.8 Å². The molecule has 3 aromatic rings. The molecule has 0 aliphatic heterocycles. The maximum absolute atomic E-state index is 13.1. The summed E-state index contributed by atoms with van der Waals surface area (Å²) in [5, 5.41) is 25.2. The molecule has 0 fully saturated rings. The van der Waals surface area contributed by atoms with Gasteiger partial charge in [-0.2, -0.15) is 0 Å². The molecule has 8 heteroatoms. The van der Waals surface area contributed by atoms with Gasteiger partial charge in [-0.25, -0.2) is 4.79 Å². The van der Waals surface area contributed by atoms with Crippen LogP contribution in [0.5, 0.6) is 5.95 Å². The van der Waals surface area contributed by atoms with Crippen molar-refractivity contribution >= 4 is 17.6 Å². The van der Waals surface area contributed by atoms with Crippen LogP contribution in [0.3, 0.4) is 0 Å². The topological polar surface area (TPSA) is 111 Å². The van der Waals surface area contributed by atoms with Crippen LogP contribution in [0, 0.1) is 0 Å². The Morgan fingerprint density at radius 2 is 1.69 bits per heavy atom. The minimum atomic E-state index is -1.21. The molecule has 1 amide bonds. The van der Waals surface area contributed by atoms with Crippen molar-refractivity contribution in [2.45, 2.75) is 13.0 Å². The van der Waals surface area contributed by atoms with E-state index < -0.39 is 23.9 Å². The highest BCUT2D eigenvalue weighted by Gasteiger charge is 2.36. The largest absolute Gasteiger partial charge is 0.538 e. The van der Waals surface area contributed by atoms with Crippen molar-refractivity contribution in [3.8, 4) is 11.6 Å². The van der Waals surface area contributed by atoms with Crippen molar-refractivity contribution in [1.29, 1.82) is 0 Å². The molecule has 1 aromatic heterocycles. The molecule has 0 aliphatic carbocycles. The van der Waals surface area contributed by atoms with Gasteiger partial charge >= 0.3 is 17.6 Å². The minimum absolute atomic E-state index is 0.340. The third-order valence-corrected chi connectivity index (χ3v) is 3.81. The van der Waals surface area contributed by atoms with Gasteiger partial charge in [0.05, 0.1) is 5.27 Å². The number of carboxylic acid groups (broad SMARTS) is 1. The second-order valence-electron chi connectivity index (χ2n) is 5.48. The van der Waals surface area contributed by atoms with Crippen molar-refractivity contribution < 1.29 is 29.0 Å². The molecule has 26 heavy (non-hydrogen) atoms. The van der Waals surface area contributed by atoms with Gasteiger partial charge in [0.2, 0.25) is 5.69 Å². The van der Waals surface area contributed by atoms with Crippen LogP contribution in [-0.4, -0.2) is 28.3 Å². The van der Waals surface area contributed by atoms with Crippen molar-refractivity contribution in [2.24, 2.45) is 0 Å². The lowest BCUT2D eigenvalue weighted by Crippen LogP contribution is -2.49. The number of benzene rings is 2. The summed E-state index contributed by atoms with van der Waals surface area (Å²) in [5.41, 5.74) is 0.401. The van der Waals surface area contributed by atoms with Crippen molar-refractivity contribution in [3.05, 3.63) is 66.4 Å². The monoisotopic (exact) mass is 353 g/mol.